The maximum atomic E-state index is 5.13. The van der Waals surface area contributed by atoms with Gasteiger partial charge in [-0.05, 0) is 35.6 Å². The van der Waals surface area contributed by atoms with E-state index in [4.69, 9.17) is 4.99 Å². The molecule has 0 amide bonds. The molecule has 2 aliphatic rings. The van der Waals surface area contributed by atoms with Gasteiger partial charge >= 0.3 is 0 Å². The van der Waals surface area contributed by atoms with Gasteiger partial charge in [0, 0.05) is 11.3 Å². The number of nitrogens with zero attached hydrogens (tertiary/aromatic N) is 1. The number of hydrogen-bond donors (Lipinski definition) is 0. The van der Waals surface area contributed by atoms with Gasteiger partial charge in [-0.3, -0.25) is 4.99 Å². The minimum absolute atomic E-state index is 0.107. The molecule has 0 aromatic heterocycles. The molecule has 1 saturated carbocycles. The molecule has 0 N–H and O–H groups in total. The lowest BCUT2D eigenvalue weighted by Gasteiger charge is -2.27. The van der Waals surface area contributed by atoms with E-state index in [9.17, 15) is 0 Å². The summed E-state index contributed by atoms with van der Waals surface area (Å²) in [6.07, 6.45) is 1.15. The number of benzene rings is 3. The van der Waals surface area contributed by atoms with Crippen LogP contribution < -0.4 is 0 Å². The lowest BCUT2D eigenvalue weighted by Crippen LogP contribution is -2.22. The third kappa shape index (κ3) is 1.78. The van der Waals surface area contributed by atoms with Gasteiger partial charge in [-0.15, -0.1) is 0 Å². The van der Waals surface area contributed by atoms with Crippen molar-refractivity contribution in [1.29, 1.82) is 0 Å². The molecule has 0 radical (unpaired) electrons. The van der Waals surface area contributed by atoms with E-state index in [0.717, 1.165) is 6.42 Å². The average molecular weight is 309 g/mol. The Morgan fingerprint density at radius 2 is 1.54 bits per heavy atom. The lowest BCUT2D eigenvalue weighted by atomic mass is 9.80. The minimum Gasteiger partial charge on any atom is -0.252 e. The van der Waals surface area contributed by atoms with Gasteiger partial charge in [-0.1, -0.05) is 78.9 Å². The first-order valence-corrected chi connectivity index (χ1v) is 8.60. The summed E-state index contributed by atoms with van der Waals surface area (Å²) in [5, 5.41) is 0. The predicted octanol–water partition coefficient (Wildman–Crippen LogP) is 5.44. The topological polar surface area (TPSA) is 12.4 Å². The van der Waals surface area contributed by atoms with Crippen molar-refractivity contribution in [2.75, 3.05) is 0 Å². The van der Waals surface area contributed by atoms with Crippen molar-refractivity contribution in [2.24, 2.45) is 10.9 Å². The van der Waals surface area contributed by atoms with Crippen molar-refractivity contribution in [3.05, 3.63) is 101 Å². The van der Waals surface area contributed by atoms with Crippen molar-refractivity contribution in [2.45, 2.75) is 18.8 Å². The number of hydrogen-bond acceptors (Lipinski definition) is 1. The summed E-state index contributed by atoms with van der Waals surface area (Å²) in [5.41, 5.74) is 7.88. The lowest BCUT2D eigenvalue weighted by molar-refractivity contribution is 0.794. The second kappa shape index (κ2) is 4.91. The Bertz CT molecular complexity index is 940. The molecule has 1 aliphatic heterocycles. The molecule has 2 unspecified atom stereocenters. The summed E-state index contributed by atoms with van der Waals surface area (Å²) in [6.45, 7) is 2.17. The van der Waals surface area contributed by atoms with E-state index in [0.29, 0.717) is 5.92 Å². The molecular weight excluding hydrogens is 290 g/mol. The fourth-order valence-corrected chi connectivity index (χ4v) is 4.34. The molecule has 3 aromatic carbocycles. The molecule has 1 heterocycles. The summed E-state index contributed by atoms with van der Waals surface area (Å²) >= 11 is 0. The van der Waals surface area contributed by atoms with Gasteiger partial charge in [0.05, 0.1) is 11.4 Å². The second-order valence-corrected chi connectivity index (χ2v) is 6.93. The first-order valence-electron chi connectivity index (χ1n) is 8.60. The molecule has 1 fully saturated rings. The van der Waals surface area contributed by atoms with Crippen LogP contribution in [0.25, 0.3) is 0 Å². The van der Waals surface area contributed by atoms with E-state index >= 15 is 0 Å². The zero-order valence-corrected chi connectivity index (χ0v) is 13.7. The third-order valence-electron chi connectivity index (χ3n) is 5.60. The van der Waals surface area contributed by atoms with Gasteiger partial charge in [0.2, 0.25) is 0 Å². The highest BCUT2D eigenvalue weighted by atomic mass is 14.9. The van der Waals surface area contributed by atoms with Gasteiger partial charge < -0.3 is 0 Å². The number of rotatable bonds is 2. The number of aliphatic imine (C=N–C) groups is 1. The van der Waals surface area contributed by atoms with Crippen molar-refractivity contribution >= 4 is 11.4 Å². The zero-order chi connectivity index (χ0) is 16.1. The molecule has 116 valence electrons. The molecule has 2 atom stereocenters. The predicted molar refractivity (Wildman–Crippen MR) is 99.1 cm³/mol. The normalized spacial score (nSPS) is 23.9. The monoisotopic (exact) mass is 309 g/mol. The highest BCUT2D eigenvalue weighted by Crippen LogP contribution is 2.64. The van der Waals surface area contributed by atoms with Crippen LogP contribution in [0.5, 0.6) is 0 Å². The van der Waals surface area contributed by atoms with Crippen LogP contribution in [0, 0.1) is 12.8 Å². The standard InChI is InChI=1S/C23H19N/c1-16-9-8-14-19-21(16)24-22(17-10-4-2-5-11-17)20-15-23(19,20)18-12-6-3-7-13-18/h2-14,20H,15H2,1H3. The fourth-order valence-electron chi connectivity index (χ4n) is 4.34. The Kier molecular flexibility index (Phi) is 2.81. The van der Waals surface area contributed by atoms with Crippen LogP contribution >= 0.6 is 0 Å². The van der Waals surface area contributed by atoms with Gasteiger partial charge in [-0.25, -0.2) is 0 Å². The summed E-state index contributed by atoms with van der Waals surface area (Å²) in [6, 6.07) is 28.3. The molecule has 1 heteroatoms. The molecule has 5 rings (SSSR count). The SMILES string of the molecule is Cc1cccc2c1N=C(c1ccccc1)C1CC21c1ccccc1. The van der Waals surface area contributed by atoms with Crippen molar-refractivity contribution < 1.29 is 0 Å². The van der Waals surface area contributed by atoms with Gasteiger partial charge in [0.1, 0.15) is 0 Å². The molecule has 24 heavy (non-hydrogen) atoms. The summed E-state index contributed by atoms with van der Waals surface area (Å²) in [4.78, 5) is 5.13. The maximum Gasteiger partial charge on any atom is 0.0703 e. The highest BCUT2D eigenvalue weighted by Gasteiger charge is 2.61. The van der Waals surface area contributed by atoms with E-state index in [1.165, 1.54) is 33.7 Å². The van der Waals surface area contributed by atoms with Crippen molar-refractivity contribution in [3.63, 3.8) is 0 Å². The summed E-state index contributed by atoms with van der Waals surface area (Å²) in [7, 11) is 0. The Morgan fingerprint density at radius 3 is 2.29 bits per heavy atom. The minimum atomic E-state index is 0.107. The third-order valence-corrected chi connectivity index (χ3v) is 5.60. The van der Waals surface area contributed by atoms with Gasteiger partial charge in [0.15, 0.2) is 0 Å². The van der Waals surface area contributed by atoms with E-state index in [1.54, 1.807) is 0 Å². The van der Waals surface area contributed by atoms with E-state index < -0.39 is 0 Å². The fraction of sp³-hybridized carbons (Fsp3) is 0.174. The molecule has 1 nitrogen and oxygen atoms in total. The van der Waals surface area contributed by atoms with Crippen LogP contribution in [0.4, 0.5) is 5.69 Å². The number of aryl methyl sites for hydroxylation is 1. The van der Waals surface area contributed by atoms with Crippen LogP contribution in [0.2, 0.25) is 0 Å². The summed E-state index contributed by atoms with van der Waals surface area (Å²) < 4.78 is 0. The summed E-state index contributed by atoms with van der Waals surface area (Å²) in [5.74, 6) is 0.483. The van der Waals surface area contributed by atoms with Gasteiger partial charge in [0.25, 0.3) is 0 Å². The van der Waals surface area contributed by atoms with Crippen LogP contribution in [0.1, 0.15) is 28.7 Å². The highest BCUT2D eigenvalue weighted by molar-refractivity contribution is 6.09. The Balaban J connectivity index is 1.77. The molecule has 3 aromatic rings. The van der Waals surface area contributed by atoms with Crippen LogP contribution in [0.3, 0.4) is 0 Å². The Hall–Kier alpha value is -2.67. The first-order chi connectivity index (χ1) is 11.8. The molecule has 0 spiro atoms. The molecule has 1 aliphatic carbocycles. The number of fused-ring (bicyclic) bond motifs is 3. The average Bonchev–Trinajstić information content (AvgIpc) is 3.40. The van der Waals surface area contributed by atoms with E-state index in [2.05, 4.69) is 85.8 Å². The zero-order valence-electron chi connectivity index (χ0n) is 13.7. The van der Waals surface area contributed by atoms with Crippen molar-refractivity contribution in [3.8, 4) is 0 Å². The smallest absolute Gasteiger partial charge is 0.0703 e. The van der Waals surface area contributed by atoms with Gasteiger partial charge in [-0.2, -0.15) is 0 Å². The largest absolute Gasteiger partial charge is 0.252 e. The Morgan fingerprint density at radius 1 is 0.833 bits per heavy atom. The van der Waals surface area contributed by atoms with Crippen molar-refractivity contribution in [1.82, 2.24) is 0 Å². The molecule has 0 bridgehead atoms. The van der Waals surface area contributed by atoms with Crippen LogP contribution in [0.15, 0.2) is 83.9 Å². The second-order valence-electron chi connectivity index (χ2n) is 6.93. The van der Waals surface area contributed by atoms with E-state index in [1.807, 2.05) is 0 Å². The maximum absolute atomic E-state index is 5.13. The van der Waals surface area contributed by atoms with Crippen LogP contribution in [-0.4, -0.2) is 5.71 Å². The molecule has 0 saturated heterocycles. The van der Waals surface area contributed by atoms with E-state index in [-0.39, 0.29) is 5.41 Å². The number of para-hydroxylation sites is 1. The molecular formula is C23H19N. The first kappa shape index (κ1) is 13.7. The Labute approximate surface area is 142 Å². The quantitative estimate of drug-likeness (QED) is 0.598. The van der Waals surface area contributed by atoms with Crippen LogP contribution in [-0.2, 0) is 5.41 Å².